The van der Waals surface area contributed by atoms with E-state index in [9.17, 15) is 39.6 Å². The Balaban J connectivity index is 1.51. The van der Waals surface area contributed by atoms with Gasteiger partial charge >= 0.3 is 0 Å². The smallest absolute Gasteiger partial charge is 0.255 e. The molecule has 0 heterocycles. The number of fused-ring (bicyclic) bond motifs is 3. The molecule has 3 aliphatic rings. The Morgan fingerprint density at radius 1 is 1.06 bits per heavy atom. The number of carbonyl (C=O) groups is 4. The van der Waals surface area contributed by atoms with E-state index in [1.54, 1.807) is 44.4 Å². The average Bonchev–Trinajstić information content (AvgIpc) is 3.04. The van der Waals surface area contributed by atoms with E-state index in [1.807, 2.05) is 0 Å². The molecule has 0 bridgehead atoms. The van der Waals surface area contributed by atoms with E-state index in [0.717, 1.165) is 32.5 Å². The van der Waals surface area contributed by atoms with Gasteiger partial charge < -0.3 is 36.4 Å². The fraction of sp³-hybridized carbons (Fsp3) is 0.444. The van der Waals surface area contributed by atoms with E-state index in [2.05, 4.69) is 24.1 Å². The van der Waals surface area contributed by atoms with Gasteiger partial charge in [0.1, 0.15) is 22.8 Å². The zero-order valence-corrected chi connectivity index (χ0v) is 27.7. The number of allylic oxidation sites excluding steroid dienone is 1. The van der Waals surface area contributed by atoms with Crippen LogP contribution in [0.2, 0.25) is 0 Å². The van der Waals surface area contributed by atoms with Crippen molar-refractivity contribution in [2.75, 3.05) is 40.3 Å². The summed E-state index contributed by atoms with van der Waals surface area (Å²) in [5.41, 5.74) is 3.69. The van der Waals surface area contributed by atoms with Gasteiger partial charge in [0.2, 0.25) is 5.78 Å². The Morgan fingerprint density at radius 2 is 1.79 bits per heavy atom. The van der Waals surface area contributed by atoms with Crippen molar-refractivity contribution in [2.45, 2.75) is 51.2 Å². The number of phenolic OH excluding ortho intramolecular Hbond substituents is 1. The standard InChI is InChI=1S/C36H44N4O8/c1-5-7-14-40(6-2)15-13-38-35(47)20-10-8-9-19(16-20)22-11-12-25(41)27-23(22)17-21-18-24-29(39(3)4)31(43)28(34(37)46)33(45)36(24,48)32(44)26(21)30(27)42/h8-12,16,21,24,29,41,43-44,48H,5-7,13-15,17-18H2,1-4H3,(H2,37,46)(H,38,47)/t21-,24-,29-,36-/m0/s1. The summed E-state index contributed by atoms with van der Waals surface area (Å²) in [4.78, 5) is 56.7. The van der Waals surface area contributed by atoms with Crippen molar-refractivity contribution in [3.8, 4) is 16.9 Å². The van der Waals surface area contributed by atoms with E-state index >= 15 is 0 Å². The summed E-state index contributed by atoms with van der Waals surface area (Å²) in [5, 5.41) is 48.2. The van der Waals surface area contributed by atoms with Gasteiger partial charge in [0.05, 0.1) is 11.6 Å². The van der Waals surface area contributed by atoms with Gasteiger partial charge in [0.15, 0.2) is 11.4 Å². The summed E-state index contributed by atoms with van der Waals surface area (Å²) in [5.74, 6) is -7.28. The molecule has 3 aliphatic carbocycles. The van der Waals surface area contributed by atoms with Crippen LogP contribution in [0, 0.1) is 11.8 Å². The largest absolute Gasteiger partial charge is 0.510 e. The number of carbonyl (C=O) groups excluding carboxylic acids is 4. The van der Waals surface area contributed by atoms with Crippen molar-refractivity contribution in [3.05, 3.63) is 75.8 Å². The van der Waals surface area contributed by atoms with Gasteiger partial charge in [0, 0.05) is 30.1 Å². The second-order valence-electron chi connectivity index (χ2n) is 13.1. The molecule has 0 fully saturated rings. The minimum Gasteiger partial charge on any atom is -0.510 e. The molecule has 0 saturated heterocycles. The normalized spacial score (nSPS) is 23.7. The van der Waals surface area contributed by atoms with Gasteiger partial charge in [-0.2, -0.15) is 0 Å². The number of ketones is 2. The molecule has 2 amide bonds. The molecule has 0 unspecified atom stereocenters. The van der Waals surface area contributed by atoms with Crippen molar-refractivity contribution in [2.24, 2.45) is 17.6 Å². The Bertz CT molecular complexity index is 1730. The number of phenols is 1. The van der Waals surface area contributed by atoms with Crippen molar-refractivity contribution in [3.63, 3.8) is 0 Å². The van der Waals surface area contributed by atoms with Crippen molar-refractivity contribution in [1.29, 1.82) is 0 Å². The van der Waals surface area contributed by atoms with E-state index < -0.39 is 58.0 Å². The summed E-state index contributed by atoms with van der Waals surface area (Å²) in [6, 6.07) is 8.91. The second kappa shape index (κ2) is 13.5. The quantitative estimate of drug-likeness (QED) is 0.195. The maximum absolute atomic E-state index is 14.1. The van der Waals surface area contributed by atoms with Crippen LogP contribution in [-0.4, -0.2) is 106 Å². The van der Waals surface area contributed by atoms with E-state index in [-0.39, 0.29) is 35.6 Å². The number of rotatable bonds is 11. The third-order valence-electron chi connectivity index (χ3n) is 10.0. The third kappa shape index (κ3) is 5.78. The molecule has 0 spiro atoms. The van der Waals surface area contributed by atoms with Crippen LogP contribution in [-0.2, 0) is 16.0 Å². The highest BCUT2D eigenvalue weighted by Crippen LogP contribution is 2.53. The minimum absolute atomic E-state index is 0.0175. The summed E-state index contributed by atoms with van der Waals surface area (Å²) in [6.07, 6.45) is 2.31. The molecular weight excluding hydrogens is 616 g/mol. The first-order chi connectivity index (χ1) is 22.8. The number of aliphatic hydroxyl groups is 3. The van der Waals surface area contributed by atoms with E-state index in [1.165, 1.54) is 11.0 Å². The maximum atomic E-state index is 14.1. The van der Waals surface area contributed by atoms with Crippen molar-refractivity contribution < 1.29 is 39.6 Å². The first-order valence-electron chi connectivity index (χ1n) is 16.4. The fourth-order valence-corrected chi connectivity index (χ4v) is 7.59. The lowest BCUT2D eigenvalue weighted by Gasteiger charge is -2.50. The number of benzene rings is 2. The van der Waals surface area contributed by atoms with Crippen LogP contribution < -0.4 is 11.1 Å². The number of aromatic hydroxyl groups is 1. The molecule has 7 N–H and O–H groups in total. The highest BCUT2D eigenvalue weighted by Gasteiger charge is 2.63. The molecule has 0 radical (unpaired) electrons. The van der Waals surface area contributed by atoms with Crippen LogP contribution in [0.3, 0.4) is 0 Å². The zero-order valence-electron chi connectivity index (χ0n) is 27.7. The van der Waals surface area contributed by atoms with Gasteiger partial charge in [-0.3, -0.25) is 24.1 Å². The lowest BCUT2D eigenvalue weighted by Crippen LogP contribution is -2.63. The highest BCUT2D eigenvalue weighted by atomic mass is 16.3. The molecule has 0 aromatic heterocycles. The summed E-state index contributed by atoms with van der Waals surface area (Å²) in [7, 11) is 3.16. The number of unbranched alkanes of at least 4 members (excludes halogenated alkanes) is 1. The van der Waals surface area contributed by atoms with Gasteiger partial charge in [-0.1, -0.05) is 38.5 Å². The van der Waals surface area contributed by atoms with Crippen LogP contribution in [0.4, 0.5) is 0 Å². The zero-order chi connectivity index (χ0) is 35.1. The van der Waals surface area contributed by atoms with Crippen molar-refractivity contribution >= 4 is 23.4 Å². The molecule has 0 aliphatic heterocycles. The third-order valence-corrected chi connectivity index (χ3v) is 10.0. The Labute approximate surface area is 279 Å². The second-order valence-corrected chi connectivity index (χ2v) is 13.1. The van der Waals surface area contributed by atoms with E-state index in [0.29, 0.717) is 28.8 Å². The summed E-state index contributed by atoms with van der Waals surface area (Å²) in [6.45, 7) is 7.31. The van der Waals surface area contributed by atoms with Crippen LogP contribution in [0.5, 0.6) is 5.75 Å². The van der Waals surface area contributed by atoms with Crippen LogP contribution in [0.1, 0.15) is 59.4 Å². The van der Waals surface area contributed by atoms with Crippen LogP contribution >= 0.6 is 0 Å². The minimum atomic E-state index is -2.70. The van der Waals surface area contributed by atoms with Gasteiger partial charge in [-0.25, -0.2) is 0 Å². The predicted molar refractivity (Wildman–Crippen MR) is 178 cm³/mol. The molecule has 2 aromatic carbocycles. The molecule has 12 heteroatoms. The molecule has 12 nitrogen and oxygen atoms in total. The lowest BCUT2D eigenvalue weighted by molar-refractivity contribution is -0.148. The summed E-state index contributed by atoms with van der Waals surface area (Å²) < 4.78 is 0. The maximum Gasteiger partial charge on any atom is 0.255 e. The first kappa shape index (κ1) is 34.8. The van der Waals surface area contributed by atoms with Crippen LogP contribution in [0.25, 0.3) is 11.1 Å². The molecule has 48 heavy (non-hydrogen) atoms. The number of nitrogens with one attached hydrogen (secondary N) is 1. The SMILES string of the molecule is CCCCN(CC)CCNC(=O)c1cccc(-c2ccc(O)c3c2C[C@H]2C[C@H]4[C@H](N(C)C)C(O)=C(C(N)=O)C(=O)[C@@]4(O)C(O)=C2C3=O)c1. The van der Waals surface area contributed by atoms with Gasteiger partial charge in [0.25, 0.3) is 11.8 Å². The van der Waals surface area contributed by atoms with Crippen LogP contribution in [0.15, 0.2) is 59.1 Å². The number of aliphatic hydroxyl groups excluding tert-OH is 2. The number of nitrogens with zero attached hydrogens (tertiary/aromatic N) is 2. The van der Waals surface area contributed by atoms with E-state index in [4.69, 9.17) is 5.73 Å². The highest BCUT2D eigenvalue weighted by molar-refractivity contribution is 6.25. The monoisotopic (exact) mass is 660 g/mol. The molecule has 4 atom stereocenters. The number of hydrogen-bond donors (Lipinski definition) is 6. The number of hydrogen-bond acceptors (Lipinski definition) is 10. The number of amides is 2. The summed E-state index contributed by atoms with van der Waals surface area (Å²) >= 11 is 0. The lowest BCUT2D eigenvalue weighted by atomic mass is 9.58. The molecule has 2 aromatic rings. The molecule has 0 saturated carbocycles. The molecule has 256 valence electrons. The number of nitrogens with two attached hydrogens (primary N) is 1. The predicted octanol–water partition coefficient (Wildman–Crippen LogP) is 2.64. The van der Waals surface area contributed by atoms with Gasteiger partial charge in [-0.05, 0) is 87.3 Å². The number of primary amides is 1. The number of Topliss-reactive ketones (excluding diaryl/α,β-unsaturated/α-hetero) is 2. The molecule has 5 rings (SSSR count). The Kier molecular flexibility index (Phi) is 9.82. The topological polar surface area (TPSA) is 194 Å². The number of likely N-dealkylation sites (N-methyl/N-ethyl adjacent to an activating group) is 2. The first-order valence-corrected chi connectivity index (χ1v) is 16.4. The fourth-order valence-electron chi connectivity index (χ4n) is 7.59. The Hall–Kier alpha value is -4.52. The molecular formula is C36H44N4O8. The van der Waals surface area contributed by atoms with Gasteiger partial charge in [-0.15, -0.1) is 0 Å². The Morgan fingerprint density at radius 3 is 2.44 bits per heavy atom. The van der Waals surface area contributed by atoms with Crippen molar-refractivity contribution in [1.82, 2.24) is 15.1 Å². The average molecular weight is 661 g/mol.